The molecule has 6 nitrogen and oxygen atoms in total. The Morgan fingerprint density at radius 3 is 2.76 bits per heavy atom. The molecular formula is C11H21N3O3. The molecule has 1 aliphatic rings. The summed E-state index contributed by atoms with van der Waals surface area (Å²) >= 11 is 0. The minimum Gasteiger partial charge on any atom is -0.375 e. The summed E-state index contributed by atoms with van der Waals surface area (Å²) < 4.78 is 5.38. The highest BCUT2D eigenvalue weighted by Crippen LogP contribution is 2.03. The number of rotatable bonds is 4. The van der Waals surface area contributed by atoms with E-state index in [-0.39, 0.29) is 24.0 Å². The lowest BCUT2D eigenvalue weighted by molar-refractivity contribution is -0.130. The second-order valence-electron chi connectivity index (χ2n) is 4.34. The van der Waals surface area contributed by atoms with Gasteiger partial charge < -0.3 is 20.3 Å². The zero-order valence-electron chi connectivity index (χ0n) is 10.7. The van der Waals surface area contributed by atoms with Gasteiger partial charge in [-0.25, -0.2) is 0 Å². The van der Waals surface area contributed by atoms with Crippen molar-refractivity contribution >= 4 is 11.8 Å². The van der Waals surface area contributed by atoms with Crippen molar-refractivity contribution in [3.63, 3.8) is 0 Å². The molecule has 1 aliphatic heterocycles. The zero-order chi connectivity index (χ0) is 12.8. The molecule has 0 aliphatic carbocycles. The van der Waals surface area contributed by atoms with E-state index in [2.05, 4.69) is 10.6 Å². The second kappa shape index (κ2) is 6.56. The maximum atomic E-state index is 11.8. The number of carbonyl (C=O) groups excluding carboxylic acids is 2. The van der Waals surface area contributed by atoms with Gasteiger partial charge in [-0.1, -0.05) is 0 Å². The summed E-state index contributed by atoms with van der Waals surface area (Å²) in [6, 6.07) is -0.321. The molecule has 17 heavy (non-hydrogen) atoms. The van der Waals surface area contributed by atoms with Crippen LogP contribution in [0.4, 0.5) is 0 Å². The molecule has 0 unspecified atom stereocenters. The molecule has 0 radical (unpaired) electrons. The Hall–Kier alpha value is -1.14. The van der Waals surface area contributed by atoms with Gasteiger partial charge in [-0.2, -0.15) is 0 Å². The minimum atomic E-state index is -0.321. The second-order valence-corrected chi connectivity index (χ2v) is 4.34. The van der Waals surface area contributed by atoms with Crippen LogP contribution in [0.3, 0.4) is 0 Å². The van der Waals surface area contributed by atoms with E-state index in [1.54, 1.807) is 14.1 Å². The number of ether oxygens (including phenoxy) is 1. The normalized spacial score (nSPS) is 24.2. The molecule has 98 valence electrons. The van der Waals surface area contributed by atoms with Crippen molar-refractivity contribution in [2.24, 2.45) is 0 Å². The monoisotopic (exact) mass is 243 g/mol. The van der Waals surface area contributed by atoms with Crippen molar-refractivity contribution in [2.75, 3.05) is 33.8 Å². The van der Waals surface area contributed by atoms with E-state index in [4.69, 9.17) is 4.74 Å². The summed E-state index contributed by atoms with van der Waals surface area (Å²) in [5.74, 6) is -0.102. The number of hydrogen-bond donors (Lipinski definition) is 2. The summed E-state index contributed by atoms with van der Waals surface area (Å²) in [7, 11) is 3.39. The quantitative estimate of drug-likeness (QED) is 0.661. The number of hydrogen-bond acceptors (Lipinski definition) is 4. The van der Waals surface area contributed by atoms with Gasteiger partial charge in [0.25, 0.3) is 0 Å². The molecular weight excluding hydrogens is 222 g/mol. The molecule has 1 saturated heterocycles. The summed E-state index contributed by atoms with van der Waals surface area (Å²) in [5.41, 5.74) is 0. The highest BCUT2D eigenvalue weighted by molar-refractivity contribution is 5.83. The first-order valence-electron chi connectivity index (χ1n) is 5.85. The van der Waals surface area contributed by atoms with Crippen molar-refractivity contribution in [2.45, 2.75) is 25.5 Å². The van der Waals surface area contributed by atoms with Gasteiger partial charge in [0.15, 0.2) is 0 Å². The van der Waals surface area contributed by atoms with Gasteiger partial charge >= 0.3 is 0 Å². The first-order valence-corrected chi connectivity index (χ1v) is 5.85. The Kier molecular flexibility index (Phi) is 5.37. The molecule has 1 fully saturated rings. The van der Waals surface area contributed by atoms with Gasteiger partial charge in [0.05, 0.1) is 12.7 Å². The molecule has 0 aromatic heterocycles. The number of nitrogens with one attached hydrogen (secondary N) is 2. The van der Waals surface area contributed by atoms with Crippen molar-refractivity contribution in [3.05, 3.63) is 0 Å². The van der Waals surface area contributed by atoms with Crippen LogP contribution >= 0.6 is 0 Å². The topological polar surface area (TPSA) is 70.7 Å². The molecule has 6 heteroatoms. The van der Waals surface area contributed by atoms with Crippen LogP contribution in [0.15, 0.2) is 0 Å². The van der Waals surface area contributed by atoms with E-state index in [0.717, 1.165) is 0 Å². The fraction of sp³-hybridized carbons (Fsp3) is 0.818. The van der Waals surface area contributed by atoms with Crippen LogP contribution in [0.1, 0.15) is 13.3 Å². The van der Waals surface area contributed by atoms with E-state index < -0.39 is 0 Å². The van der Waals surface area contributed by atoms with E-state index in [1.165, 1.54) is 4.90 Å². The molecule has 1 rings (SSSR count). The van der Waals surface area contributed by atoms with Crippen molar-refractivity contribution < 1.29 is 14.3 Å². The maximum Gasteiger partial charge on any atom is 0.239 e. The smallest absolute Gasteiger partial charge is 0.239 e. The number of amides is 2. The lowest BCUT2D eigenvalue weighted by Gasteiger charge is -2.29. The minimum absolute atomic E-state index is 0.00574. The molecule has 2 N–H and O–H groups in total. The van der Waals surface area contributed by atoms with E-state index in [9.17, 15) is 9.59 Å². The van der Waals surface area contributed by atoms with Crippen molar-refractivity contribution in [1.82, 2.24) is 15.5 Å². The average Bonchev–Trinajstić information content (AvgIpc) is 2.29. The largest absolute Gasteiger partial charge is 0.375 e. The van der Waals surface area contributed by atoms with Crippen LogP contribution in [0.2, 0.25) is 0 Å². The molecule has 0 aromatic rings. The third-order valence-corrected chi connectivity index (χ3v) is 2.74. The van der Waals surface area contributed by atoms with E-state index in [1.807, 2.05) is 6.92 Å². The van der Waals surface area contributed by atoms with Crippen molar-refractivity contribution in [1.29, 1.82) is 0 Å². The third-order valence-electron chi connectivity index (χ3n) is 2.74. The zero-order valence-corrected chi connectivity index (χ0v) is 10.7. The summed E-state index contributed by atoms with van der Waals surface area (Å²) in [6.07, 6.45) is 0.189. The molecule has 2 atom stereocenters. The Morgan fingerprint density at radius 1 is 1.47 bits per heavy atom. The summed E-state index contributed by atoms with van der Waals surface area (Å²) in [4.78, 5) is 24.6. The molecule has 1 heterocycles. The lowest BCUT2D eigenvalue weighted by atomic mass is 10.1. The Bertz CT molecular complexity index is 281. The summed E-state index contributed by atoms with van der Waals surface area (Å²) in [5, 5.41) is 5.84. The molecule has 0 aromatic carbocycles. The van der Waals surface area contributed by atoms with Gasteiger partial charge in [-0.3, -0.25) is 9.59 Å². The van der Waals surface area contributed by atoms with E-state index >= 15 is 0 Å². The van der Waals surface area contributed by atoms with Crippen LogP contribution in [-0.4, -0.2) is 62.7 Å². The number of morpholine rings is 1. The molecule has 0 bridgehead atoms. The van der Waals surface area contributed by atoms with E-state index in [0.29, 0.717) is 26.1 Å². The SMILES string of the molecule is C[C@H]1OCCN[C@@H]1C(=O)NCCC(=O)N(C)C. The van der Waals surface area contributed by atoms with Gasteiger partial charge in [-0.05, 0) is 6.92 Å². The van der Waals surface area contributed by atoms with Crippen LogP contribution in [-0.2, 0) is 14.3 Å². The first-order chi connectivity index (χ1) is 8.02. The van der Waals surface area contributed by atoms with Gasteiger partial charge in [0.2, 0.25) is 11.8 Å². The van der Waals surface area contributed by atoms with Gasteiger partial charge in [0, 0.05) is 33.6 Å². The van der Waals surface area contributed by atoms with Crippen LogP contribution in [0.5, 0.6) is 0 Å². The summed E-state index contributed by atoms with van der Waals surface area (Å²) in [6.45, 7) is 3.53. The Balaban J connectivity index is 2.27. The molecule has 0 saturated carbocycles. The average molecular weight is 243 g/mol. The predicted octanol–water partition coefficient (Wildman–Crippen LogP) is -1.04. The standard InChI is InChI=1S/C11H21N3O3/c1-8-10(12-6-7-17-8)11(16)13-5-4-9(15)14(2)3/h8,10,12H,4-7H2,1-3H3,(H,13,16)/t8-,10+/m1/s1. The molecule has 0 spiro atoms. The highest BCUT2D eigenvalue weighted by Gasteiger charge is 2.27. The van der Waals surface area contributed by atoms with Crippen LogP contribution in [0, 0.1) is 0 Å². The number of carbonyl (C=O) groups is 2. The number of nitrogens with zero attached hydrogens (tertiary/aromatic N) is 1. The van der Waals surface area contributed by atoms with Crippen LogP contribution < -0.4 is 10.6 Å². The van der Waals surface area contributed by atoms with Gasteiger partial charge in [-0.15, -0.1) is 0 Å². The first kappa shape index (κ1) is 13.9. The Morgan fingerprint density at radius 2 is 2.18 bits per heavy atom. The molecule has 2 amide bonds. The van der Waals surface area contributed by atoms with Crippen LogP contribution in [0.25, 0.3) is 0 Å². The predicted molar refractivity (Wildman–Crippen MR) is 63.5 cm³/mol. The third kappa shape index (κ3) is 4.32. The maximum absolute atomic E-state index is 11.8. The van der Waals surface area contributed by atoms with Gasteiger partial charge in [0.1, 0.15) is 6.04 Å². The van der Waals surface area contributed by atoms with Crippen molar-refractivity contribution in [3.8, 4) is 0 Å². The highest BCUT2D eigenvalue weighted by atomic mass is 16.5. The fourth-order valence-corrected chi connectivity index (χ4v) is 1.65. The lowest BCUT2D eigenvalue weighted by Crippen LogP contribution is -2.55. The Labute approximate surface area is 102 Å². The fourth-order valence-electron chi connectivity index (χ4n) is 1.65.